The molecule has 0 aliphatic rings. The van der Waals surface area contributed by atoms with Crippen LogP contribution in [0.3, 0.4) is 0 Å². The smallest absolute Gasteiger partial charge is 0.137 e. The minimum atomic E-state index is 0.0896. The van der Waals surface area contributed by atoms with Crippen LogP contribution >= 0.6 is 0 Å². The summed E-state index contributed by atoms with van der Waals surface area (Å²) in [4.78, 5) is 4.53. The third-order valence-corrected chi connectivity index (χ3v) is 2.93. The van der Waals surface area contributed by atoms with Gasteiger partial charge in [0.05, 0.1) is 17.9 Å². The van der Waals surface area contributed by atoms with Crippen LogP contribution in [-0.2, 0) is 13.0 Å². The summed E-state index contributed by atoms with van der Waals surface area (Å²) in [6, 6.07) is 4.04. The molecule has 0 aliphatic carbocycles. The molecule has 19 heavy (non-hydrogen) atoms. The molecule has 1 N–H and O–H groups in total. The highest BCUT2D eigenvalue weighted by molar-refractivity contribution is 5.41. The van der Waals surface area contributed by atoms with E-state index < -0.39 is 0 Å². The van der Waals surface area contributed by atoms with Crippen molar-refractivity contribution in [3.63, 3.8) is 0 Å². The van der Waals surface area contributed by atoms with E-state index in [2.05, 4.69) is 22.2 Å². The molecule has 0 bridgehead atoms. The Balaban J connectivity index is 1.83. The zero-order valence-corrected chi connectivity index (χ0v) is 10.7. The molecule has 98 valence electrons. The number of aromatic nitrogens is 5. The number of hydrogen-bond donors (Lipinski definition) is 1. The van der Waals surface area contributed by atoms with Gasteiger partial charge in [0.1, 0.15) is 5.65 Å². The van der Waals surface area contributed by atoms with Crippen molar-refractivity contribution in [2.24, 2.45) is 0 Å². The predicted octanol–water partition coefficient (Wildman–Crippen LogP) is 0.817. The number of aliphatic hydroxyl groups is 1. The van der Waals surface area contributed by atoms with Gasteiger partial charge in [0.15, 0.2) is 0 Å². The highest BCUT2D eigenvalue weighted by Gasteiger charge is 2.05. The fourth-order valence-corrected chi connectivity index (χ4v) is 2.04. The van der Waals surface area contributed by atoms with Crippen molar-refractivity contribution in [1.29, 1.82) is 0 Å². The molecule has 0 aromatic carbocycles. The van der Waals surface area contributed by atoms with Gasteiger partial charge in [0.25, 0.3) is 0 Å². The second-order valence-electron chi connectivity index (χ2n) is 4.59. The van der Waals surface area contributed by atoms with Gasteiger partial charge in [0.2, 0.25) is 0 Å². The quantitative estimate of drug-likeness (QED) is 0.751. The number of nitrogens with zero attached hydrogens (tertiary/aromatic N) is 5. The summed E-state index contributed by atoms with van der Waals surface area (Å²) in [5, 5.41) is 16.9. The van der Waals surface area contributed by atoms with E-state index in [0.29, 0.717) is 13.0 Å². The van der Waals surface area contributed by atoms with Gasteiger partial charge in [-0.15, -0.1) is 5.10 Å². The minimum Gasteiger partial charge on any atom is -0.396 e. The molecule has 0 fully saturated rings. The fraction of sp³-hybridized carbons (Fsp3) is 0.308. The Morgan fingerprint density at radius 1 is 1.16 bits per heavy atom. The van der Waals surface area contributed by atoms with Crippen LogP contribution in [0.25, 0.3) is 5.65 Å². The van der Waals surface area contributed by atoms with Gasteiger partial charge < -0.3 is 9.51 Å². The van der Waals surface area contributed by atoms with Gasteiger partial charge in [-0.05, 0) is 18.6 Å². The molecule has 0 spiro atoms. The van der Waals surface area contributed by atoms with Crippen molar-refractivity contribution in [2.45, 2.75) is 19.9 Å². The van der Waals surface area contributed by atoms with Gasteiger partial charge in [-0.2, -0.15) is 0 Å². The first kappa shape index (κ1) is 11.9. The van der Waals surface area contributed by atoms with Crippen molar-refractivity contribution in [2.75, 3.05) is 6.61 Å². The zero-order chi connectivity index (χ0) is 13.2. The Hall–Kier alpha value is -2.21. The number of hydrogen-bond acceptors (Lipinski definition) is 4. The number of rotatable bonds is 4. The highest BCUT2D eigenvalue weighted by Crippen LogP contribution is 2.08. The molecule has 6 nitrogen and oxygen atoms in total. The average molecular weight is 257 g/mol. The van der Waals surface area contributed by atoms with Crippen LogP contribution in [-0.4, -0.2) is 36.1 Å². The maximum Gasteiger partial charge on any atom is 0.137 e. The molecule has 0 saturated carbocycles. The number of imidazole rings is 1. The standard InChI is InChI=1S/C13H15N5O/c1-10-2-3-13-14-12(7-17(13)6-10)9-18-8-11(4-5-19)15-16-18/h2-3,6-8,19H,4-5,9H2,1H3. The lowest BCUT2D eigenvalue weighted by Gasteiger charge is -1.94. The van der Waals surface area contributed by atoms with Crippen LogP contribution in [0, 0.1) is 6.92 Å². The zero-order valence-electron chi connectivity index (χ0n) is 10.7. The number of pyridine rings is 1. The van der Waals surface area contributed by atoms with Gasteiger partial charge >= 0.3 is 0 Å². The van der Waals surface area contributed by atoms with Crippen LogP contribution in [0.2, 0.25) is 0 Å². The molecule has 3 rings (SSSR count). The van der Waals surface area contributed by atoms with Crippen molar-refractivity contribution in [3.8, 4) is 0 Å². The number of aryl methyl sites for hydroxylation is 1. The van der Waals surface area contributed by atoms with Crippen molar-refractivity contribution < 1.29 is 5.11 Å². The van der Waals surface area contributed by atoms with Crippen LogP contribution in [0.1, 0.15) is 17.0 Å². The fourth-order valence-electron chi connectivity index (χ4n) is 2.04. The summed E-state index contributed by atoms with van der Waals surface area (Å²) in [7, 11) is 0. The first-order chi connectivity index (χ1) is 9.24. The molecular weight excluding hydrogens is 242 g/mol. The summed E-state index contributed by atoms with van der Waals surface area (Å²) in [6.07, 6.45) is 6.41. The second kappa shape index (κ2) is 4.81. The number of aliphatic hydroxyl groups excluding tert-OH is 1. The van der Waals surface area contributed by atoms with E-state index in [-0.39, 0.29) is 6.61 Å². The largest absolute Gasteiger partial charge is 0.396 e. The van der Waals surface area contributed by atoms with Crippen molar-refractivity contribution in [3.05, 3.63) is 47.7 Å². The molecule has 3 aromatic heterocycles. The topological polar surface area (TPSA) is 68.2 Å². The lowest BCUT2D eigenvalue weighted by atomic mass is 10.3. The highest BCUT2D eigenvalue weighted by atomic mass is 16.3. The lowest BCUT2D eigenvalue weighted by Crippen LogP contribution is -2.00. The Labute approximate surface area is 110 Å². The normalized spacial score (nSPS) is 11.3. The summed E-state index contributed by atoms with van der Waals surface area (Å²) >= 11 is 0. The van der Waals surface area contributed by atoms with Crippen LogP contribution < -0.4 is 0 Å². The van der Waals surface area contributed by atoms with E-state index >= 15 is 0 Å². The average Bonchev–Trinajstić information content (AvgIpc) is 2.96. The van der Waals surface area contributed by atoms with Gasteiger partial charge in [-0.25, -0.2) is 9.67 Å². The maximum atomic E-state index is 8.85. The summed E-state index contributed by atoms with van der Waals surface area (Å²) < 4.78 is 3.75. The second-order valence-corrected chi connectivity index (χ2v) is 4.59. The van der Waals surface area contributed by atoms with Crippen molar-refractivity contribution >= 4 is 5.65 Å². The molecule has 0 radical (unpaired) electrons. The van der Waals surface area contributed by atoms with E-state index in [0.717, 1.165) is 17.0 Å². The molecule has 0 unspecified atom stereocenters. The minimum absolute atomic E-state index is 0.0896. The first-order valence-corrected chi connectivity index (χ1v) is 6.19. The van der Waals surface area contributed by atoms with E-state index in [1.54, 1.807) is 4.68 Å². The number of fused-ring (bicyclic) bond motifs is 1. The van der Waals surface area contributed by atoms with Gasteiger partial charge in [0, 0.05) is 31.6 Å². The first-order valence-electron chi connectivity index (χ1n) is 6.19. The van der Waals surface area contributed by atoms with Gasteiger partial charge in [-0.1, -0.05) is 11.3 Å². The molecule has 6 heteroatoms. The third kappa shape index (κ3) is 2.48. The molecule has 0 atom stereocenters. The Bertz CT molecular complexity index is 700. The molecule has 0 amide bonds. The lowest BCUT2D eigenvalue weighted by molar-refractivity contribution is 0.298. The molecule has 3 heterocycles. The van der Waals surface area contributed by atoms with Crippen LogP contribution in [0.4, 0.5) is 0 Å². The monoisotopic (exact) mass is 257 g/mol. The summed E-state index contributed by atoms with van der Waals surface area (Å²) in [5.41, 5.74) is 3.85. The molecule has 3 aromatic rings. The van der Waals surface area contributed by atoms with E-state index in [4.69, 9.17) is 5.11 Å². The van der Waals surface area contributed by atoms with Crippen LogP contribution in [0.15, 0.2) is 30.7 Å². The Morgan fingerprint density at radius 3 is 2.89 bits per heavy atom. The molecule has 0 saturated heterocycles. The van der Waals surface area contributed by atoms with Crippen LogP contribution in [0.5, 0.6) is 0 Å². The van der Waals surface area contributed by atoms with Crippen molar-refractivity contribution in [1.82, 2.24) is 24.4 Å². The van der Waals surface area contributed by atoms with E-state index in [9.17, 15) is 0 Å². The van der Waals surface area contributed by atoms with Gasteiger partial charge in [-0.3, -0.25) is 0 Å². The maximum absolute atomic E-state index is 8.85. The SMILES string of the molecule is Cc1ccc2nc(Cn3cc(CCO)nn3)cn2c1. The van der Waals surface area contributed by atoms with E-state index in [1.807, 2.05) is 35.1 Å². The summed E-state index contributed by atoms with van der Waals surface area (Å²) in [6.45, 7) is 2.73. The molecule has 0 aliphatic heterocycles. The third-order valence-electron chi connectivity index (χ3n) is 2.93. The Morgan fingerprint density at radius 2 is 2.05 bits per heavy atom. The predicted molar refractivity (Wildman–Crippen MR) is 69.8 cm³/mol. The summed E-state index contributed by atoms with van der Waals surface area (Å²) in [5.74, 6) is 0. The van der Waals surface area contributed by atoms with E-state index in [1.165, 1.54) is 5.56 Å². The Kier molecular flexibility index (Phi) is 3.00. The molecular formula is C13H15N5O.